The van der Waals surface area contributed by atoms with Crippen molar-refractivity contribution in [3.63, 3.8) is 0 Å². The zero-order chi connectivity index (χ0) is 14.1. The molecular formula is C15H25NO3. The molecule has 0 aliphatic rings. The van der Waals surface area contributed by atoms with Gasteiger partial charge in [0.2, 0.25) is 0 Å². The number of rotatable bonds is 9. The largest absolute Gasteiger partial charge is 0.507 e. The Hall–Kier alpha value is -1.26. The van der Waals surface area contributed by atoms with Crippen molar-refractivity contribution in [2.24, 2.45) is 0 Å². The van der Waals surface area contributed by atoms with E-state index in [1.54, 1.807) is 13.2 Å². The number of hydrogen-bond acceptors (Lipinski definition) is 4. The topological polar surface area (TPSA) is 41.9 Å². The fourth-order valence-electron chi connectivity index (χ4n) is 1.84. The first-order valence-corrected chi connectivity index (χ1v) is 6.79. The molecule has 0 saturated heterocycles. The second-order valence-electron chi connectivity index (χ2n) is 4.72. The van der Waals surface area contributed by atoms with Crippen LogP contribution in [0.15, 0.2) is 18.2 Å². The molecule has 0 fully saturated rings. The van der Waals surface area contributed by atoms with Crippen LogP contribution in [-0.2, 0) is 11.3 Å². The van der Waals surface area contributed by atoms with Crippen molar-refractivity contribution in [1.82, 2.24) is 4.90 Å². The van der Waals surface area contributed by atoms with Crippen LogP contribution in [0.3, 0.4) is 0 Å². The van der Waals surface area contributed by atoms with Gasteiger partial charge >= 0.3 is 0 Å². The van der Waals surface area contributed by atoms with E-state index >= 15 is 0 Å². The first-order chi connectivity index (χ1) is 9.17. The average Bonchev–Trinajstić information content (AvgIpc) is 2.39. The molecule has 0 unspecified atom stereocenters. The molecule has 0 heterocycles. The summed E-state index contributed by atoms with van der Waals surface area (Å²) in [6, 6.07) is 5.52. The minimum absolute atomic E-state index is 0.298. The second kappa shape index (κ2) is 8.77. The van der Waals surface area contributed by atoms with E-state index in [1.807, 2.05) is 19.2 Å². The predicted octanol–water partition coefficient (Wildman–Crippen LogP) is 2.65. The number of aromatic hydroxyl groups is 1. The third-order valence-electron chi connectivity index (χ3n) is 2.86. The maximum atomic E-state index is 9.98. The van der Waals surface area contributed by atoms with E-state index in [4.69, 9.17) is 9.47 Å². The Kier molecular flexibility index (Phi) is 7.30. The highest BCUT2D eigenvalue weighted by molar-refractivity contribution is 5.39. The molecule has 0 amide bonds. The molecule has 0 bridgehead atoms. The number of nitrogens with zero attached hydrogens (tertiary/aromatic N) is 1. The molecule has 0 aromatic heterocycles. The van der Waals surface area contributed by atoms with Crippen LogP contribution in [0.4, 0.5) is 0 Å². The van der Waals surface area contributed by atoms with E-state index in [9.17, 15) is 5.11 Å². The van der Waals surface area contributed by atoms with Crippen LogP contribution in [0.5, 0.6) is 11.5 Å². The third-order valence-corrected chi connectivity index (χ3v) is 2.86. The van der Waals surface area contributed by atoms with Gasteiger partial charge in [-0.1, -0.05) is 13.0 Å². The van der Waals surface area contributed by atoms with Crippen molar-refractivity contribution in [2.45, 2.75) is 26.3 Å². The van der Waals surface area contributed by atoms with Gasteiger partial charge in [-0.25, -0.2) is 0 Å². The van der Waals surface area contributed by atoms with Gasteiger partial charge in [0.25, 0.3) is 0 Å². The van der Waals surface area contributed by atoms with Crippen molar-refractivity contribution in [1.29, 1.82) is 0 Å². The number of phenols is 1. The number of ether oxygens (including phenoxy) is 2. The van der Waals surface area contributed by atoms with E-state index in [1.165, 1.54) is 0 Å². The van der Waals surface area contributed by atoms with Crippen molar-refractivity contribution in [3.05, 3.63) is 23.8 Å². The Balaban J connectivity index is 2.49. The van der Waals surface area contributed by atoms with E-state index < -0.39 is 0 Å². The number of phenolic OH excluding ortho intramolecular Hbond substituents is 1. The van der Waals surface area contributed by atoms with Gasteiger partial charge in [0.1, 0.15) is 11.5 Å². The van der Waals surface area contributed by atoms with Gasteiger partial charge in [0.05, 0.1) is 6.61 Å². The second-order valence-corrected chi connectivity index (χ2v) is 4.72. The maximum absolute atomic E-state index is 9.98. The molecule has 0 spiro atoms. The van der Waals surface area contributed by atoms with Crippen LogP contribution in [0.2, 0.25) is 0 Å². The molecule has 108 valence electrons. The molecule has 1 rings (SSSR count). The maximum Gasteiger partial charge on any atom is 0.123 e. The zero-order valence-electron chi connectivity index (χ0n) is 12.2. The summed E-state index contributed by atoms with van der Waals surface area (Å²) in [5.74, 6) is 1.03. The van der Waals surface area contributed by atoms with Crippen molar-refractivity contribution in [2.75, 3.05) is 33.9 Å². The third kappa shape index (κ3) is 5.94. The molecule has 0 atom stereocenters. The number of hydrogen-bond donors (Lipinski definition) is 1. The summed E-state index contributed by atoms with van der Waals surface area (Å²) in [7, 11) is 3.75. The summed E-state index contributed by atoms with van der Waals surface area (Å²) in [5.41, 5.74) is 0.920. The zero-order valence-corrected chi connectivity index (χ0v) is 12.2. The van der Waals surface area contributed by atoms with E-state index in [0.29, 0.717) is 12.4 Å². The number of benzene rings is 1. The SMILES string of the molecule is CCCOc1ccc(CN(C)CCCOC)c(O)c1. The summed E-state index contributed by atoms with van der Waals surface area (Å²) in [5, 5.41) is 9.98. The van der Waals surface area contributed by atoms with Gasteiger partial charge in [-0.05, 0) is 26.0 Å². The molecule has 4 heteroatoms. The smallest absolute Gasteiger partial charge is 0.123 e. The Labute approximate surface area is 115 Å². The molecule has 1 N–H and O–H groups in total. The van der Waals surface area contributed by atoms with Crippen LogP contribution in [0.1, 0.15) is 25.3 Å². The quantitative estimate of drug-likeness (QED) is 0.698. The van der Waals surface area contributed by atoms with Gasteiger partial charge in [0.15, 0.2) is 0 Å². The molecule has 1 aromatic carbocycles. The monoisotopic (exact) mass is 267 g/mol. The molecule has 0 saturated carbocycles. The van der Waals surface area contributed by atoms with E-state index in [0.717, 1.165) is 43.9 Å². The minimum atomic E-state index is 0.298. The van der Waals surface area contributed by atoms with Crippen molar-refractivity contribution >= 4 is 0 Å². The van der Waals surface area contributed by atoms with Crippen LogP contribution in [0.25, 0.3) is 0 Å². The fraction of sp³-hybridized carbons (Fsp3) is 0.600. The lowest BCUT2D eigenvalue weighted by atomic mass is 10.2. The highest BCUT2D eigenvalue weighted by atomic mass is 16.5. The summed E-state index contributed by atoms with van der Waals surface area (Å²) in [6.45, 7) is 5.17. The van der Waals surface area contributed by atoms with Crippen molar-refractivity contribution in [3.8, 4) is 11.5 Å². The normalized spacial score (nSPS) is 10.9. The van der Waals surface area contributed by atoms with Gasteiger partial charge in [-0.15, -0.1) is 0 Å². The standard InChI is InChI=1S/C15H25NO3/c1-4-9-19-14-7-6-13(15(17)11-14)12-16(2)8-5-10-18-3/h6-7,11,17H,4-5,8-10,12H2,1-3H3. The molecule has 4 nitrogen and oxygen atoms in total. The molecular weight excluding hydrogens is 242 g/mol. The van der Waals surface area contributed by atoms with Gasteiger partial charge in [-0.2, -0.15) is 0 Å². The molecule has 0 aliphatic heterocycles. The average molecular weight is 267 g/mol. The summed E-state index contributed by atoms with van der Waals surface area (Å²) in [6.07, 6.45) is 1.95. The molecule has 1 aromatic rings. The number of methoxy groups -OCH3 is 1. The lowest BCUT2D eigenvalue weighted by Crippen LogP contribution is -2.20. The highest BCUT2D eigenvalue weighted by Gasteiger charge is 2.06. The highest BCUT2D eigenvalue weighted by Crippen LogP contribution is 2.24. The Morgan fingerprint density at radius 2 is 2.05 bits per heavy atom. The summed E-state index contributed by atoms with van der Waals surface area (Å²) >= 11 is 0. The first kappa shape index (κ1) is 15.8. The minimum Gasteiger partial charge on any atom is -0.507 e. The summed E-state index contributed by atoms with van der Waals surface area (Å²) in [4.78, 5) is 2.17. The predicted molar refractivity (Wildman–Crippen MR) is 76.7 cm³/mol. The van der Waals surface area contributed by atoms with Crippen LogP contribution >= 0.6 is 0 Å². The van der Waals surface area contributed by atoms with Crippen LogP contribution in [0, 0.1) is 0 Å². The molecule has 0 aliphatic carbocycles. The van der Waals surface area contributed by atoms with Crippen LogP contribution in [-0.4, -0.2) is 43.9 Å². The van der Waals surface area contributed by atoms with E-state index in [-0.39, 0.29) is 0 Å². The Morgan fingerprint density at radius 1 is 1.26 bits per heavy atom. The van der Waals surface area contributed by atoms with Gasteiger partial charge in [0, 0.05) is 38.4 Å². The fourth-order valence-corrected chi connectivity index (χ4v) is 1.84. The summed E-state index contributed by atoms with van der Waals surface area (Å²) < 4.78 is 10.5. The van der Waals surface area contributed by atoms with Crippen LogP contribution < -0.4 is 4.74 Å². The molecule has 19 heavy (non-hydrogen) atoms. The van der Waals surface area contributed by atoms with E-state index in [2.05, 4.69) is 11.8 Å². The Bertz CT molecular complexity index is 368. The Morgan fingerprint density at radius 3 is 2.68 bits per heavy atom. The first-order valence-electron chi connectivity index (χ1n) is 6.79. The van der Waals surface area contributed by atoms with Crippen molar-refractivity contribution < 1.29 is 14.6 Å². The lowest BCUT2D eigenvalue weighted by molar-refractivity contribution is 0.178. The van der Waals surface area contributed by atoms with Gasteiger partial charge < -0.3 is 19.5 Å². The van der Waals surface area contributed by atoms with Gasteiger partial charge in [-0.3, -0.25) is 0 Å². The lowest BCUT2D eigenvalue weighted by Gasteiger charge is -2.17. The molecule has 0 radical (unpaired) electrons.